The maximum atomic E-state index is 6.00. The van der Waals surface area contributed by atoms with Crippen molar-refractivity contribution in [2.24, 2.45) is 11.7 Å². The summed E-state index contributed by atoms with van der Waals surface area (Å²) in [5, 5.41) is 3.97. The molecule has 0 aromatic carbocycles. The van der Waals surface area contributed by atoms with E-state index in [1.54, 1.807) is 12.4 Å². The molecule has 84 valence electrons. The Hall–Kier alpha value is -0.800. The summed E-state index contributed by atoms with van der Waals surface area (Å²) in [5.41, 5.74) is 6.60. The number of nitrogens with zero attached hydrogens (tertiary/aromatic N) is 1. The van der Waals surface area contributed by atoms with E-state index in [4.69, 9.17) is 17.3 Å². The van der Waals surface area contributed by atoms with E-state index >= 15 is 0 Å². The van der Waals surface area contributed by atoms with Crippen LogP contribution in [0.15, 0.2) is 18.5 Å². The highest BCUT2D eigenvalue weighted by Crippen LogP contribution is 2.21. The van der Waals surface area contributed by atoms with Crippen LogP contribution in [-0.2, 0) is 0 Å². The fourth-order valence-electron chi connectivity index (χ4n) is 1.50. The summed E-state index contributed by atoms with van der Waals surface area (Å²) in [6.07, 6.45) is 4.39. The normalized spacial score (nSPS) is 12.9. The van der Waals surface area contributed by atoms with Crippen LogP contribution in [0.1, 0.15) is 20.3 Å². The van der Waals surface area contributed by atoms with Crippen LogP contribution < -0.4 is 11.1 Å². The molecule has 0 radical (unpaired) electrons. The van der Waals surface area contributed by atoms with Crippen molar-refractivity contribution in [3.8, 4) is 0 Å². The molecule has 1 rings (SSSR count). The molecule has 0 spiro atoms. The van der Waals surface area contributed by atoms with Crippen LogP contribution in [0.4, 0.5) is 5.69 Å². The van der Waals surface area contributed by atoms with Crippen molar-refractivity contribution in [1.29, 1.82) is 0 Å². The minimum Gasteiger partial charge on any atom is -0.380 e. The van der Waals surface area contributed by atoms with Crippen molar-refractivity contribution in [1.82, 2.24) is 4.98 Å². The van der Waals surface area contributed by atoms with Gasteiger partial charge >= 0.3 is 0 Å². The first kappa shape index (κ1) is 12.3. The second kappa shape index (κ2) is 5.93. The molecule has 0 aliphatic rings. The number of nitrogens with one attached hydrogen (secondary N) is 1. The molecule has 1 heterocycles. The maximum Gasteiger partial charge on any atom is 0.0820 e. The number of rotatable bonds is 5. The van der Waals surface area contributed by atoms with Crippen molar-refractivity contribution in [3.63, 3.8) is 0 Å². The number of pyridine rings is 1. The first-order valence-electron chi connectivity index (χ1n) is 5.19. The largest absolute Gasteiger partial charge is 0.380 e. The Labute approximate surface area is 96.0 Å². The van der Waals surface area contributed by atoms with Crippen molar-refractivity contribution in [3.05, 3.63) is 23.5 Å². The number of halogens is 1. The molecule has 4 heteroatoms. The van der Waals surface area contributed by atoms with Crippen LogP contribution in [0.25, 0.3) is 0 Å². The lowest BCUT2D eigenvalue weighted by Crippen LogP contribution is -2.30. The molecule has 15 heavy (non-hydrogen) atoms. The van der Waals surface area contributed by atoms with Gasteiger partial charge in [-0.3, -0.25) is 4.98 Å². The van der Waals surface area contributed by atoms with Crippen molar-refractivity contribution in [2.45, 2.75) is 26.3 Å². The Morgan fingerprint density at radius 3 is 2.80 bits per heavy atom. The number of nitrogens with two attached hydrogens (primary N) is 1. The van der Waals surface area contributed by atoms with Gasteiger partial charge in [-0.2, -0.15) is 0 Å². The van der Waals surface area contributed by atoms with Crippen LogP contribution in [0.5, 0.6) is 0 Å². The molecule has 0 saturated carbocycles. The van der Waals surface area contributed by atoms with Crippen molar-refractivity contribution in [2.75, 3.05) is 11.9 Å². The average Bonchev–Trinajstić information content (AvgIpc) is 2.19. The molecule has 1 unspecified atom stereocenters. The number of hydrogen-bond donors (Lipinski definition) is 2. The Morgan fingerprint density at radius 2 is 2.27 bits per heavy atom. The highest BCUT2D eigenvalue weighted by atomic mass is 35.5. The third-order valence-corrected chi connectivity index (χ3v) is 2.47. The van der Waals surface area contributed by atoms with Crippen LogP contribution in [0.3, 0.4) is 0 Å². The SMILES string of the molecule is CC(C)CC(CN)Nc1ccncc1Cl. The Morgan fingerprint density at radius 1 is 1.53 bits per heavy atom. The molecule has 0 saturated heterocycles. The Bertz CT molecular complexity index is 302. The first-order chi connectivity index (χ1) is 7.13. The molecule has 0 fully saturated rings. The first-order valence-corrected chi connectivity index (χ1v) is 5.57. The Balaban J connectivity index is 2.62. The van der Waals surface area contributed by atoms with Gasteiger partial charge in [0.05, 0.1) is 10.7 Å². The minimum atomic E-state index is 0.268. The van der Waals surface area contributed by atoms with E-state index in [1.807, 2.05) is 6.07 Å². The molecule has 0 aliphatic heterocycles. The summed E-state index contributed by atoms with van der Waals surface area (Å²) in [6.45, 7) is 4.97. The Kier molecular flexibility index (Phi) is 4.85. The second-order valence-electron chi connectivity index (χ2n) is 4.06. The summed E-state index contributed by atoms with van der Waals surface area (Å²) in [4.78, 5) is 3.94. The molecule has 0 bridgehead atoms. The van der Waals surface area contributed by atoms with Gasteiger partial charge in [-0.1, -0.05) is 25.4 Å². The third-order valence-electron chi connectivity index (χ3n) is 2.17. The lowest BCUT2D eigenvalue weighted by Gasteiger charge is -2.20. The fourth-order valence-corrected chi connectivity index (χ4v) is 1.67. The maximum absolute atomic E-state index is 6.00. The van der Waals surface area contributed by atoms with Gasteiger partial charge in [0.25, 0.3) is 0 Å². The topological polar surface area (TPSA) is 50.9 Å². The predicted octanol–water partition coefficient (Wildman–Crippen LogP) is 2.52. The molecule has 0 amide bonds. The number of aromatic nitrogens is 1. The molecule has 1 aromatic rings. The molecule has 3 nitrogen and oxygen atoms in total. The van der Waals surface area contributed by atoms with E-state index in [2.05, 4.69) is 24.1 Å². The smallest absolute Gasteiger partial charge is 0.0820 e. The van der Waals surface area contributed by atoms with E-state index < -0.39 is 0 Å². The number of anilines is 1. The quantitative estimate of drug-likeness (QED) is 0.813. The highest BCUT2D eigenvalue weighted by Gasteiger charge is 2.10. The zero-order valence-electron chi connectivity index (χ0n) is 9.20. The van der Waals surface area contributed by atoms with Gasteiger partial charge in [0, 0.05) is 25.0 Å². The van der Waals surface area contributed by atoms with E-state index in [0.29, 0.717) is 17.5 Å². The fraction of sp³-hybridized carbons (Fsp3) is 0.545. The summed E-state index contributed by atoms with van der Waals surface area (Å²) in [5.74, 6) is 0.617. The molecule has 3 N–H and O–H groups in total. The summed E-state index contributed by atoms with van der Waals surface area (Å²) >= 11 is 6.00. The predicted molar refractivity (Wildman–Crippen MR) is 65.2 cm³/mol. The van der Waals surface area contributed by atoms with E-state index in [0.717, 1.165) is 12.1 Å². The van der Waals surface area contributed by atoms with Crippen LogP contribution in [0, 0.1) is 5.92 Å². The van der Waals surface area contributed by atoms with Gasteiger partial charge in [0.15, 0.2) is 0 Å². The summed E-state index contributed by atoms with van der Waals surface area (Å²) < 4.78 is 0. The van der Waals surface area contributed by atoms with Gasteiger partial charge in [-0.15, -0.1) is 0 Å². The van der Waals surface area contributed by atoms with Crippen molar-refractivity contribution < 1.29 is 0 Å². The molecular weight excluding hydrogens is 210 g/mol. The van der Waals surface area contributed by atoms with Gasteiger partial charge in [-0.25, -0.2) is 0 Å². The lowest BCUT2D eigenvalue weighted by molar-refractivity contribution is 0.522. The summed E-state index contributed by atoms with van der Waals surface area (Å²) in [6, 6.07) is 2.13. The number of hydrogen-bond acceptors (Lipinski definition) is 3. The minimum absolute atomic E-state index is 0.268. The van der Waals surface area contributed by atoms with Gasteiger partial charge < -0.3 is 11.1 Å². The van der Waals surface area contributed by atoms with Crippen LogP contribution in [0.2, 0.25) is 5.02 Å². The zero-order chi connectivity index (χ0) is 11.3. The van der Waals surface area contributed by atoms with Gasteiger partial charge in [-0.05, 0) is 18.4 Å². The zero-order valence-corrected chi connectivity index (χ0v) is 9.96. The van der Waals surface area contributed by atoms with Crippen LogP contribution >= 0.6 is 11.6 Å². The van der Waals surface area contributed by atoms with Gasteiger partial charge in [0.1, 0.15) is 0 Å². The standard InChI is InChI=1S/C11H18ClN3/c1-8(2)5-9(6-13)15-11-3-4-14-7-10(11)12/h3-4,7-9H,5-6,13H2,1-2H3,(H,14,15). The van der Waals surface area contributed by atoms with Gasteiger partial charge in [0.2, 0.25) is 0 Å². The second-order valence-corrected chi connectivity index (χ2v) is 4.47. The molecule has 0 aliphatic carbocycles. The van der Waals surface area contributed by atoms with Crippen LogP contribution in [-0.4, -0.2) is 17.6 Å². The molecule has 1 atom stereocenters. The summed E-state index contributed by atoms with van der Waals surface area (Å²) in [7, 11) is 0. The highest BCUT2D eigenvalue weighted by molar-refractivity contribution is 6.33. The van der Waals surface area contributed by atoms with Crippen molar-refractivity contribution >= 4 is 17.3 Å². The van der Waals surface area contributed by atoms with E-state index in [-0.39, 0.29) is 6.04 Å². The van der Waals surface area contributed by atoms with E-state index in [1.165, 1.54) is 0 Å². The molecule has 1 aromatic heterocycles. The average molecular weight is 228 g/mol. The van der Waals surface area contributed by atoms with E-state index in [9.17, 15) is 0 Å². The molecular formula is C11H18ClN3. The monoisotopic (exact) mass is 227 g/mol. The lowest BCUT2D eigenvalue weighted by atomic mass is 10.0. The third kappa shape index (κ3) is 4.06.